The lowest BCUT2D eigenvalue weighted by Crippen LogP contribution is -2.37. The number of amides is 1. The summed E-state index contributed by atoms with van der Waals surface area (Å²) >= 11 is 0. The molecule has 104 valence electrons. The highest BCUT2D eigenvalue weighted by Gasteiger charge is 2.20. The number of rotatable bonds is 3. The van der Waals surface area contributed by atoms with Crippen molar-refractivity contribution in [2.45, 2.75) is 39.2 Å². The minimum atomic E-state index is -0.0626. The second-order valence-electron chi connectivity index (χ2n) is 5.17. The Balaban J connectivity index is 2.21. The second-order valence-corrected chi connectivity index (χ2v) is 5.17. The van der Waals surface area contributed by atoms with Crippen molar-refractivity contribution in [1.29, 1.82) is 0 Å². The van der Waals surface area contributed by atoms with E-state index in [1.807, 2.05) is 19.1 Å². The molecule has 1 aliphatic rings. The third-order valence-corrected chi connectivity index (χ3v) is 3.74. The molecule has 4 nitrogen and oxygen atoms in total. The summed E-state index contributed by atoms with van der Waals surface area (Å²) < 4.78 is 0. The first-order valence-electron chi connectivity index (χ1n) is 7.08. The molecule has 1 atom stereocenters. The Morgan fingerprint density at radius 1 is 1.47 bits per heavy atom. The van der Waals surface area contributed by atoms with Crippen LogP contribution in [0.2, 0.25) is 0 Å². The molecule has 0 bridgehead atoms. The van der Waals surface area contributed by atoms with Gasteiger partial charge in [0.1, 0.15) is 0 Å². The van der Waals surface area contributed by atoms with Gasteiger partial charge in [0, 0.05) is 24.7 Å². The zero-order chi connectivity index (χ0) is 13.8. The average Bonchev–Trinajstić information content (AvgIpc) is 2.40. The lowest BCUT2D eigenvalue weighted by atomic mass is 10.0. The molecule has 1 amide bonds. The van der Waals surface area contributed by atoms with Gasteiger partial charge < -0.3 is 16.0 Å². The number of nitrogen functional groups attached to an aromatic ring is 1. The number of hydrogen-bond donors (Lipinski definition) is 2. The molecule has 0 saturated carbocycles. The third kappa shape index (κ3) is 3.00. The maximum absolute atomic E-state index is 11.8. The first-order valence-corrected chi connectivity index (χ1v) is 7.08. The van der Waals surface area contributed by atoms with E-state index in [2.05, 4.69) is 17.1 Å². The molecule has 1 unspecified atom stereocenters. The molecule has 1 aromatic rings. The summed E-state index contributed by atoms with van der Waals surface area (Å²) in [7, 11) is 0. The molecule has 4 heteroatoms. The van der Waals surface area contributed by atoms with Gasteiger partial charge in [-0.05, 0) is 51.3 Å². The molecule has 0 aromatic heterocycles. The van der Waals surface area contributed by atoms with Crippen molar-refractivity contribution in [1.82, 2.24) is 5.32 Å². The predicted molar refractivity (Wildman–Crippen MR) is 79.5 cm³/mol. The molecule has 0 radical (unpaired) electrons. The van der Waals surface area contributed by atoms with Crippen molar-refractivity contribution < 1.29 is 4.79 Å². The normalized spacial score (nSPS) is 19.3. The summed E-state index contributed by atoms with van der Waals surface area (Å²) in [4.78, 5) is 14.1. The number of anilines is 2. The molecule has 1 heterocycles. The summed E-state index contributed by atoms with van der Waals surface area (Å²) in [5, 5.41) is 2.79. The number of nitrogens with two attached hydrogens (primary N) is 1. The number of benzene rings is 1. The van der Waals surface area contributed by atoms with Crippen molar-refractivity contribution in [3.05, 3.63) is 23.8 Å². The first kappa shape index (κ1) is 13.7. The summed E-state index contributed by atoms with van der Waals surface area (Å²) in [5.41, 5.74) is 8.51. The van der Waals surface area contributed by atoms with Gasteiger partial charge >= 0.3 is 0 Å². The van der Waals surface area contributed by atoms with E-state index in [0.29, 0.717) is 23.8 Å². The van der Waals surface area contributed by atoms with Crippen LogP contribution < -0.4 is 16.0 Å². The number of nitrogens with zero attached hydrogens (tertiary/aromatic N) is 1. The quantitative estimate of drug-likeness (QED) is 0.821. The Bertz CT molecular complexity index is 459. The SMILES string of the molecule is CCNC(=O)c1ccc(N2CCCCC2C)c(N)c1. The van der Waals surface area contributed by atoms with Gasteiger partial charge in [-0.2, -0.15) is 0 Å². The van der Waals surface area contributed by atoms with Crippen LogP contribution in [0.4, 0.5) is 11.4 Å². The van der Waals surface area contributed by atoms with Crippen molar-refractivity contribution in [3.63, 3.8) is 0 Å². The average molecular weight is 261 g/mol. The maximum atomic E-state index is 11.8. The fourth-order valence-electron chi connectivity index (χ4n) is 2.68. The fourth-order valence-corrected chi connectivity index (χ4v) is 2.68. The molecule has 1 aromatic carbocycles. The summed E-state index contributed by atoms with van der Waals surface area (Å²) in [5.74, 6) is -0.0626. The van der Waals surface area contributed by atoms with E-state index < -0.39 is 0 Å². The smallest absolute Gasteiger partial charge is 0.251 e. The molecular weight excluding hydrogens is 238 g/mol. The van der Waals surface area contributed by atoms with Crippen LogP contribution in [0.15, 0.2) is 18.2 Å². The Hall–Kier alpha value is -1.71. The van der Waals surface area contributed by atoms with E-state index in [0.717, 1.165) is 12.2 Å². The van der Waals surface area contributed by atoms with Crippen LogP contribution in [0.1, 0.15) is 43.5 Å². The molecule has 1 aliphatic heterocycles. The minimum absolute atomic E-state index is 0.0626. The highest BCUT2D eigenvalue weighted by molar-refractivity contribution is 5.96. The van der Waals surface area contributed by atoms with Crippen LogP contribution in [-0.4, -0.2) is 25.0 Å². The zero-order valence-corrected chi connectivity index (χ0v) is 11.8. The number of carbonyl (C=O) groups excluding carboxylic acids is 1. The van der Waals surface area contributed by atoms with Gasteiger partial charge in [0.25, 0.3) is 5.91 Å². The lowest BCUT2D eigenvalue weighted by Gasteiger charge is -2.36. The first-order chi connectivity index (χ1) is 9.13. The van der Waals surface area contributed by atoms with E-state index in [1.165, 1.54) is 19.3 Å². The fraction of sp³-hybridized carbons (Fsp3) is 0.533. The summed E-state index contributed by atoms with van der Waals surface area (Å²) in [6.07, 6.45) is 3.70. The Morgan fingerprint density at radius 2 is 2.26 bits per heavy atom. The van der Waals surface area contributed by atoms with Crippen molar-refractivity contribution in [3.8, 4) is 0 Å². The highest BCUT2D eigenvalue weighted by atomic mass is 16.1. The molecule has 3 N–H and O–H groups in total. The number of hydrogen-bond acceptors (Lipinski definition) is 3. The molecule has 1 fully saturated rings. The Kier molecular flexibility index (Phi) is 4.30. The van der Waals surface area contributed by atoms with E-state index in [1.54, 1.807) is 6.07 Å². The zero-order valence-electron chi connectivity index (χ0n) is 11.8. The molecule has 19 heavy (non-hydrogen) atoms. The molecular formula is C15H23N3O. The Morgan fingerprint density at radius 3 is 2.89 bits per heavy atom. The van der Waals surface area contributed by atoms with E-state index >= 15 is 0 Å². The van der Waals surface area contributed by atoms with Gasteiger partial charge in [-0.1, -0.05) is 0 Å². The minimum Gasteiger partial charge on any atom is -0.397 e. The Labute approximate surface area is 115 Å². The third-order valence-electron chi connectivity index (χ3n) is 3.74. The number of piperidine rings is 1. The van der Waals surface area contributed by atoms with E-state index in [-0.39, 0.29) is 5.91 Å². The maximum Gasteiger partial charge on any atom is 0.251 e. The predicted octanol–water partition coefficient (Wildman–Crippen LogP) is 2.40. The lowest BCUT2D eigenvalue weighted by molar-refractivity contribution is 0.0956. The molecule has 0 spiro atoms. The van der Waals surface area contributed by atoms with Crippen LogP contribution >= 0.6 is 0 Å². The van der Waals surface area contributed by atoms with Gasteiger partial charge in [-0.3, -0.25) is 4.79 Å². The van der Waals surface area contributed by atoms with Crippen LogP contribution in [-0.2, 0) is 0 Å². The summed E-state index contributed by atoms with van der Waals surface area (Å²) in [6.45, 7) is 5.82. The van der Waals surface area contributed by atoms with Crippen LogP contribution in [0, 0.1) is 0 Å². The van der Waals surface area contributed by atoms with E-state index in [9.17, 15) is 4.79 Å². The monoisotopic (exact) mass is 261 g/mol. The standard InChI is InChI=1S/C15H23N3O/c1-3-17-15(19)12-7-8-14(13(16)10-12)18-9-5-4-6-11(18)2/h7-8,10-11H,3-6,9,16H2,1-2H3,(H,17,19). The summed E-state index contributed by atoms with van der Waals surface area (Å²) in [6, 6.07) is 6.13. The van der Waals surface area contributed by atoms with Crippen LogP contribution in [0.5, 0.6) is 0 Å². The topological polar surface area (TPSA) is 58.4 Å². The largest absolute Gasteiger partial charge is 0.397 e. The van der Waals surface area contributed by atoms with Crippen molar-refractivity contribution in [2.75, 3.05) is 23.7 Å². The van der Waals surface area contributed by atoms with Gasteiger partial charge in [-0.15, -0.1) is 0 Å². The van der Waals surface area contributed by atoms with Crippen LogP contribution in [0.25, 0.3) is 0 Å². The van der Waals surface area contributed by atoms with Gasteiger partial charge in [0.2, 0.25) is 0 Å². The van der Waals surface area contributed by atoms with Gasteiger partial charge in [0.15, 0.2) is 0 Å². The molecule has 1 saturated heterocycles. The number of nitrogens with one attached hydrogen (secondary N) is 1. The second kappa shape index (κ2) is 5.95. The molecule has 2 rings (SSSR count). The van der Waals surface area contributed by atoms with Crippen LogP contribution in [0.3, 0.4) is 0 Å². The highest BCUT2D eigenvalue weighted by Crippen LogP contribution is 2.30. The van der Waals surface area contributed by atoms with Crippen molar-refractivity contribution in [2.24, 2.45) is 0 Å². The van der Waals surface area contributed by atoms with Gasteiger partial charge in [0.05, 0.1) is 11.4 Å². The molecule has 0 aliphatic carbocycles. The number of carbonyl (C=O) groups is 1. The van der Waals surface area contributed by atoms with E-state index in [4.69, 9.17) is 5.73 Å². The van der Waals surface area contributed by atoms with Gasteiger partial charge in [-0.25, -0.2) is 0 Å². The van der Waals surface area contributed by atoms with Crippen molar-refractivity contribution >= 4 is 17.3 Å².